The van der Waals surface area contributed by atoms with E-state index in [-0.39, 0.29) is 30.5 Å². The largest absolute Gasteiger partial charge is 0.371 e. The normalized spacial score (nSPS) is 20.2. The van der Waals surface area contributed by atoms with E-state index in [2.05, 4.69) is 10.6 Å². The fourth-order valence-corrected chi connectivity index (χ4v) is 3.26. The molecule has 1 fully saturated rings. The quantitative estimate of drug-likeness (QED) is 0.882. The van der Waals surface area contributed by atoms with E-state index < -0.39 is 0 Å². The van der Waals surface area contributed by atoms with Gasteiger partial charge in [0.1, 0.15) is 6.10 Å². The maximum atomic E-state index is 12.1. The third kappa shape index (κ3) is 3.97. The lowest BCUT2D eigenvalue weighted by atomic mass is 10.0. The summed E-state index contributed by atoms with van der Waals surface area (Å²) in [6.45, 7) is 0.584. The van der Waals surface area contributed by atoms with E-state index >= 15 is 0 Å². The van der Waals surface area contributed by atoms with Gasteiger partial charge in [0.2, 0.25) is 5.91 Å². The molecular formula is C17H18N2O3S. The summed E-state index contributed by atoms with van der Waals surface area (Å²) in [7, 11) is 0. The summed E-state index contributed by atoms with van der Waals surface area (Å²) in [6, 6.07) is 13.3. The third-order valence-corrected chi connectivity index (χ3v) is 4.59. The fraction of sp³-hybridized carbons (Fsp3) is 0.294. The number of rotatable bonds is 5. The second-order valence-corrected chi connectivity index (χ2v) is 6.27. The van der Waals surface area contributed by atoms with Crippen LogP contribution in [0, 0.1) is 0 Å². The van der Waals surface area contributed by atoms with Crippen molar-refractivity contribution in [3.8, 4) is 0 Å². The van der Waals surface area contributed by atoms with Crippen molar-refractivity contribution in [1.82, 2.24) is 10.6 Å². The summed E-state index contributed by atoms with van der Waals surface area (Å²) in [5, 5.41) is 7.41. The van der Waals surface area contributed by atoms with Crippen LogP contribution in [0.1, 0.15) is 27.8 Å². The van der Waals surface area contributed by atoms with Crippen molar-refractivity contribution in [3.63, 3.8) is 0 Å². The molecule has 0 spiro atoms. The molecule has 2 aromatic rings. The minimum atomic E-state index is -0.225. The molecule has 6 heteroatoms. The maximum absolute atomic E-state index is 12.1. The van der Waals surface area contributed by atoms with Gasteiger partial charge in [-0.2, -0.15) is 0 Å². The highest BCUT2D eigenvalue weighted by atomic mass is 32.1. The van der Waals surface area contributed by atoms with Crippen LogP contribution in [-0.4, -0.2) is 31.0 Å². The van der Waals surface area contributed by atoms with E-state index in [4.69, 9.17) is 4.74 Å². The first-order chi connectivity index (χ1) is 11.2. The molecule has 0 bridgehead atoms. The van der Waals surface area contributed by atoms with Crippen LogP contribution in [0.2, 0.25) is 0 Å². The van der Waals surface area contributed by atoms with Crippen molar-refractivity contribution in [2.24, 2.45) is 0 Å². The molecule has 23 heavy (non-hydrogen) atoms. The smallest absolute Gasteiger partial charge is 0.261 e. The zero-order valence-corrected chi connectivity index (χ0v) is 13.3. The zero-order chi connectivity index (χ0) is 16.1. The molecule has 5 nitrogen and oxygen atoms in total. The molecule has 0 radical (unpaired) electrons. The van der Waals surface area contributed by atoms with Crippen molar-refractivity contribution >= 4 is 23.2 Å². The van der Waals surface area contributed by atoms with E-state index in [1.54, 1.807) is 12.1 Å². The lowest BCUT2D eigenvalue weighted by Crippen LogP contribution is -2.43. The van der Waals surface area contributed by atoms with Crippen molar-refractivity contribution < 1.29 is 14.3 Å². The number of hydrogen-bond acceptors (Lipinski definition) is 4. The molecule has 2 amide bonds. The molecule has 1 aliphatic heterocycles. The number of nitrogens with one attached hydrogen (secondary N) is 2. The Morgan fingerprint density at radius 2 is 2.00 bits per heavy atom. The number of benzene rings is 1. The Balaban J connectivity index is 1.52. The minimum Gasteiger partial charge on any atom is -0.371 e. The molecule has 2 atom stereocenters. The topological polar surface area (TPSA) is 67.4 Å². The van der Waals surface area contributed by atoms with Gasteiger partial charge in [-0.1, -0.05) is 36.4 Å². The van der Waals surface area contributed by atoms with Gasteiger partial charge in [-0.05, 0) is 23.4 Å². The van der Waals surface area contributed by atoms with Crippen molar-refractivity contribution in [2.75, 3.05) is 13.2 Å². The Hall–Kier alpha value is -2.18. The highest BCUT2D eigenvalue weighted by Gasteiger charge is 2.30. The second kappa shape index (κ2) is 7.39. The first-order valence-corrected chi connectivity index (χ1v) is 8.39. The molecule has 0 aliphatic carbocycles. The number of hydrogen-bond donors (Lipinski definition) is 2. The number of amides is 2. The molecule has 0 unspecified atom stereocenters. The summed E-state index contributed by atoms with van der Waals surface area (Å²) in [6.07, 6.45) is 0.637. The third-order valence-electron chi connectivity index (χ3n) is 3.72. The first-order valence-electron chi connectivity index (χ1n) is 7.51. The predicted molar refractivity (Wildman–Crippen MR) is 88.3 cm³/mol. The van der Waals surface area contributed by atoms with Gasteiger partial charge in [0.05, 0.1) is 17.5 Å². The van der Waals surface area contributed by atoms with E-state index in [0.717, 1.165) is 12.0 Å². The van der Waals surface area contributed by atoms with Gasteiger partial charge in [0.15, 0.2) is 0 Å². The van der Waals surface area contributed by atoms with Crippen LogP contribution in [0.15, 0.2) is 47.8 Å². The van der Waals surface area contributed by atoms with E-state index in [9.17, 15) is 9.59 Å². The average Bonchev–Trinajstić information content (AvgIpc) is 3.25. The minimum absolute atomic E-state index is 0.0330. The van der Waals surface area contributed by atoms with Crippen LogP contribution >= 0.6 is 11.3 Å². The standard InChI is InChI=1S/C17H18N2O3S/c20-15(11-18-17(21)14-7-4-10-23-14)19-13-8-9-22-16(13)12-5-2-1-3-6-12/h1-7,10,13,16H,8-9,11H2,(H,18,21)(H,19,20)/t13-,16+/m1/s1. The molecular weight excluding hydrogens is 312 g/mol. The van der Waals surface area contributed by atoms with Gasteiger partial charge in [0, 0.05) is 6.61 Å². The van der Waals surface area contributed by atoms with Crippen molar-refractivity contribution in [2.45, 2.75) is 18.6 Å². The molecule has 2 heterocycles. The summed E-state index contributed by atoms with van der Waals surface area (Å²) in [5.74, 6) is -0.427. The maximum Gasteiger partial charge on any atom is 0.261 e. The zero-order valence-electron chi connectivity index (χ0n) is 12.5. The first kappa shape index (κ1) is 15.7. The Morgan fingerprint density at radius 1 is 1.17 bits per heavy atom. The Bertz CT molecular complexity index is 658. The van der Waals surface area contributed by atoms with E-state index in [1.165, 1.54) is 11.3 Å². The van der Waals surface area contributed by atoms with Crippen LogP contribution < -0.4 is 10.6 Å². The molecule has 1 aromatic carbocycles. The Kier molecular flexibility index (Phi) is 5.05. The van der Waals surface area contributed by atoms with Crippen LogP contribution in [0.5, 0.6) is 0 Å². The number of ether oxygens (including phenoxy) is 1. The van der Waals surface area contributed by atoms with Gasteiger partial charge in [-0.3, -0.25) is 9.59 Å². The number of carbonyl (C=O) groups is 2. The monoisotopic (exact) mass is 330 g/mol. The molecule has 120 valence electrons. The molecule has 1 aromatic heterocycles. The van der Waals surface area contributed by atoms with Crippen LogP contribution in [0.25, 0.3) is 0 Å². The summed E-state index contributed by atoms with van der Waals surface area (Å²) in [4.78, 5) is 24.5. The van der Waals surface area contributed by atoms with E-state index in [1.807, 2.05) is 35.7 Å². The fourth-order valence-electron chi connectivity index (χ4n) is 2.62. The number of thiophene rings is 1. The van der Waals surface area contributed by atoms with E-state index in [0.29, 0.717) is 11.5 Å². The molecule has 0 saturated carbocycles. The average molecular weight is 330 g/mol. The summed E-state index contributed by atoms with van der Waals surface area (Å²) >= 11 is 1.35. The lowest BCUT2D eigenvalue weighted by molar-refractivity contribution is -0.121. The number of carbonyl (C=O) groups excluding carboxylic acids is 2. The van der Waals surface area contributed by atoms with Gasteiger partial charge in [0.25, 0.3) is 5.91 Å². The summed E-state index contributed by atoms with van der Waals surface area (Å²) in [5.41, 5.74) is 1.05. The molecule has 1 saturated heterocycles. The van der Waals surface area contributed by atoms with Gasteiger partial charge < -0.3 is 15.4 Å². The van der Waals surface area contributed by atoms with Crippen LogP contribution in [-0.2, 0) is 9.53 Å². The van der Waals surface area contributed by atoms with Gasteiger partial charge >= 0.3 is 0 Å². The second-order valence-electron chi connectivity index (χ2n) is 5.32. The van der Waals surface area contributed by atoms with Crippen LogP contribution in [0.4, 0.5) is 0 Å². The predicted octanol–water partition coefficient (Wildman–Crippen LogP) is 2.12. The van der Waals surface area contributed by atoms with Crippen molar-refractivity contribution in [1.29, 1.82) is 0 Å². The Labute approximate surface area is 138 Å². The van der Waals surface area contributed by atoms with Gasteiger partial charge in [-0.15, -0.1) is 11.3 Å². The molecule has 2 N–H and O–H groups in total. The molecule has 3 rings (SSSR count). The SMILES string of the molecule is O=C(CNC(=O)c1cccs1)N[C@@H]1CCO[C@H]1c1ccccc1. The van der Waals surface area contributed by atoms with Crippen molar-refractivity contribution in [3.05, 3.63) is 58.3 Å². The highest BCUT2D eigenvalue weighted by Crippen LogP contribution is 2.28. The van der Waals surface area contributed by atoms with Crippen LogP contribution in [0.3, 0.4) is 0 Å². The van der Waals surface area contributed by atoms with Gasteiger partial charge in [-0.25, -0.2) is 0 Å². The highest BCUT2D eigenvalue weighted by molar-refractivity contribution is 7.12. The Morgan fingerprint density at radius 3 is 2.74 bits per heavy atom. The summed E-state index contributed by atoms with van der Waals surface area (Å²) < 4.78 is 5.74. The molecule has 1 aliphatic rings. The lowest BCUT2D eigenvalue weighted by Gasteiger charge is -2.20.